The van der Waals surface area contributed by atoms with Crippen LogP contribution in [0.5, 0.6) is 0 Å². The lowest BCUT2D eigenvalue weighted by atomic mass is 10.4. The van der Waals surface area contributed by atoms with Gasteiger partial charge in [-0.3, -0.25) is 0 Å². The molecule has 0 spiro atoms. The average molecular weight is 280 g/mol. The third-order valence-electron chi connectivity index (χ3n) is 2.01. The molecule has 1 heterocycles. The third kappa shape index (κ3) is 5.71. The van der Waals surface area contributed by atoms with Crippen LogP contribution in [0.3, 0.4) is 0 Å². The summed E-state index contributed by atoms with van der Waals surface area (Å²) < 4.78 is 42.3. The fraction of sp³-hybridized carbons (Fsp3) is 0.600. The van der Waals surface area contributed by atoms with Gasteiger partial charge in [0.25, 0.3) is 0 Å². The maximum absolute atomic E-state index is 12.4. The summed E-state index contributed by atoms with van der Waals surface area (Å²) in [4.78, 5) is 6.45. The van der Waals surface area contributed by atoms with Crippen molar-refractivity contribution in [3.63, 3.8) is 0 Å². The first-order valence-corrected chi connectivity index (χ1v) is 5.57. The first-order valence-electron chi connectivity index (χ1n) is 5.57. The van der Waals surface area contributed by atoms with Gasteiger partial charge in [-0.25, -0.2) is 9.97 Å². The van der Waals surface area contributed by atoms with Crippen LogP contribution in [-0.2, 0) is 10.9 Å². The predicted molar refractivity (Wildman–Crippen MR) is 62.5 cm³/mol. The van der Waals surface area contributed by atoms with Gasteiger partial charge in [-0.15, -0.1) is 0 Å². The standard InChI is InChI=1S/C10H15F3N4O2/c11-10(12,13)9-16-7(14)6-8(17-9)15-2-1-4-19-5-3-18/h6,18H,1-5H2,(H3,14,15,16,17). The topological polar surface area (TPSA) is 93.3 Å². The van der Waals surface area contributed by atoms with Gasteiger partial charge in [0.1, 0.15) is 11.6 Å². The summed E-state index contributed by atoms with van der Waals surface area (Å²) in [5.41, 5.74) is 5.28. The average Bonchev–Trinajstić information content (AvgIpc) is 2.32. The molecule has 0 amide bonds. The maximum Gasteiger partial charge on any atom is 0.451 e. The second-order valence-corrected chi connectivity index (χ2v) is 3.62. The molecule has 0 aliphatic heterocycles. The molecule has 0 bridgehead atoms. The summed E-state index contributed by atoms with van der Waals surface area (Å²) in [6.45, 7) is 0.933. The number of aliphatic hydroxyl groups is 1. The molecular formula is C10H15F3N4O2. The van der Waals surface area contributed by atoms with Crippen LogP contribution in [-0.4, -0.2) is 41.4 Å². The van der Waals surface area contributed by atoms with Gasteiger partial charge in [-0.2, -0.15) is 13.2 Å². The van der Waals surface area contributed by atoms with Crippen molar-refractivity contribution >= 4 is 11.6 Å². The van der Waals surface area contributed by atoms with Crippen molar-refractivity contribution in [3.8, 4) is 0 Å². The summed E-state index contributed by atoms with van der Waals surface area (Å²) in [6.07, 6.45) is -4.07. The molecule has 0 atom stereocenters. The van der Waals surface area contributed by atoms with Crippen molar-refractivity contribution < 1.29 is 23.0 Å². The molecule has 1 aromatic rings. The van der Waals surface area contributed by atoms with Crippen LogP contribution in [0.2, 0.25) is 0 Å². The Morgan fingerprint density at radius 1 is 1.32 bits per heavy atom. The van der Waals surface area contributed by atoms with Crippen LogP contribution in [0.1, 0.15) is 12.2 Å². The van der Waals surface area contributed by atoms with Gasteiger partial charge in [0.2, 0.25) is 5.82 Å². The maximum atomic E-state index is 12.4. The van der Waals surface area contributed by atoms with Crippen molar-refractivity contribution in [2.45, 2.75) is 12.6 Å². The summed E-state index contributed by atoms with van der Waals surface area (Å²) in [5.74, 6) is -1.50. The van der Waals surface area contributed by atoms with Gasteiger partial charge in [0.05, 0.1) is 13.2 Å². The van der Waals surface area contributed by atoms with Crippen LogP contribution in [0, 0.1) is 0 Å². The highest BCUT2D eigenvalue weighted by Gasteiger charge is 2.35. The summed E-state index contributed by atoms with van der Waals surface area (Å²) >= 11 is 0. The van der Waals surface area contributed by atoms with Crippen LogP contribution < -0.4 is 11.1 Å². The van der Waals surface area contributed by atoms with Crippen molar-refractivity contribution in [3.05, 3.63) is 11.9 Å². The molecule has 19 heavy (non-hydrogen) atoms. The van der Waals surface area contributed by atoms with E-state index in [1.165, 1.54) is 6.07 Å². The summed E-state index contributed by atoms with van der Waals surface area (Å²) in [7, 11) is 0. The van der Waals surface area contributed by atoms with E-state index in [2.05, 4.69) is 15.3 Å². The van der Waals surface area contributed by atoms with E-state index in [4.69, 9.17) is 15.6 Å². The quantitative estimate of drug-likeness (QED) is 0.642. The molecule has 9 heteroatoms. The number of halogens is 3. The number of nitrogens with one attached hydrogen (secondary N) is 1. The highest BCUT2D eigenvalue weighted by Crippen LogP contribution is 2.27. The second kappa shape index (κ2) is 7.10. The Kier molecular flexibility index (Phi) is 5.77. The van der Waals surface area contributed by atoms with Crippen molar-refractivity contribution in [2.24, 2.45) is 0 Å². The number of nitrogens with two attached hydrogens (primary N) is 1. The number of anilines is 2. The monoisotopic (exact) mass is 280 g/mol. The largest absolute Gasteiger partial charge is 0.451 e. The van der Waals surface area contributed by atoms with Crippen LogP contribution in [0.25, 0.3) is 0 Å². The Balaban J connectivity index is 2.48. The lowest BCUT2D eigenvalue weighted by molar-refractivity contribution is -0.144. The van der Waals surface area contributed by atoms with E-state index in [1.54, 1.807) is 0 Å². The van der Waals surface area contributed by atoms with E-state index < -0.39 is 12.0 Å². The molecule has 6 nitrogen and oxygen atoms in total. The Hall–Kier alpha value is -1.61. The SMILES string of the molecule is Nc1cc(NCCCOCCO)nc(C(F)(F)F)n1. The molecule has 108 valence electrons. The highest BCUT2D eigenvalue weighted by atomic mass is 19.4. The van der Waals surface area contributed by atoms with Crippen LogP contribution >= 0.6 is 0 Å². The number of rotatable bonds is 7. The Labute approximate surface area is 107 Å². The molecule has 0 fully saturated rings. The van der Waals surface area contributed by atoms with Gasteiger partial charge in [-0.05, 0) is 6.42 Å². The highest BCUT2D eigenvalue weighted by molar-refractivity contribution is 5.44. The molecule has 0 aliphatic carbocycles. The number of aromatic nitrogens is 2. The van der Waals surface area contributed by atoms with Crippen LogP contribution in [0.15, 0.2) is 6.07 Å². The first-order chi connectivity index (χ1) is 8.93. The lowest BCUT2D eigenvalue weighted by Gasteiger charge is -2.10. The van der Waals surface area contributed by atoms with Crippen molar-refractivity contribution in [1.29, 1.82) is 0 Å². The molecular weight excluding hydrogens is 265 g/mol. The summed E-state index contributed by atoms with van der Waals surface area (Å²) in [5, 5.41) is 11.2. The fourth-order valence-corrected chi connectivity index (χ4v) is 1.24. The molecule has 0 aromatic carbocycles. The van der Waals surface area contributed by atoms with E-state index in [1.807, 2.05) is 0 Å². The molecule has 4 N–H and O–H groups in total. The van der Waals surface area contributed by atoms with E-state index in [0.29, 0.717) is 19.6 Å². The zero-order valence-electron chi connectivity index (χ0n) is 10.1. The smallest absolute Gasteiger partial charge is 0.394 e. The number of aliphatic hydroxyl groups excluding tert-OH is 1. The normalized spacial score (nSPS) is 11.6. The number of nitrogen functional groups attached to an aromatic ring is 1. The molecule has 0 radical (unpaired) electrons. The zero-order valence-corrected chi connectivity index (χ0v) is 10.1. The fourth-order valence-electron chi connectivity index (χ4n) is 1.24. The van der Waals surface area contributed by atoms with Crippen molar-refractivity contribution in [2.75, 3.05) is 37.4 Å². The Bertz CT molecular complexity index is 401. The number of alkyl halides is 3. The van der Waals surface area contributed by atoms with E-state index >= 15 is 0 Å². The lowest BCUT2D eigenvalue weighted by Crippen LogP contribution is -2.15. The molecule has 0 unspecified atom stereocenters. The molecule has 0 saturated carbocycles. The molecule has 0 aliphatic rings. The van der Waals surface area contributed by atoms with Crippen LogP contribution in [0.4, 0.5) is 24.8 Å². The van der Waals surface area contributed by atoms with Gasteiger partial charge >= 0.3 is 6.18 Å². The van der Waals surface area contributed by atoms with E-state index in [9.17, 15) is 13.2 Å². The van der Waals surface area contributed by atoms with E-state index in [0.717, 1.165) is 0 Å². The minimum Gasteiger partial charge on any atom is -0.394 e. The number of hydrogen-bond donors (Lipinski definition) is 3. The minimum atomic E-state index is -4.63. The Morgan fingerprint density at radius 2 is 2.05 bits per heavy atom. The predicted octanol–water partition coefficient (Wildman–Crippen LogP) is 0.889. The van der Waals surface area contributed by atoms with Gasteiger partial charge in [-0.1, -0.05) is 0 Å². The molecule has 1 aromatic heterocycles. The third-order valence-corrected chi connectivity index (χ3v) is 2.01. The molecule has 1 rings (SSSR count). The Morgan fingerprint density at radius 3 is 2.68 bits per heavy atom. The number of hydrogen-bond acceptors (Lipinski definition) is 6. The van der Waals surface area contributed by atoms with Gasteiger partial charge < -0.3 is 20.9 Å². The second-order valence-electron chi connectivity index (χ2n) is 3.62. The minimum absolute atomic E-state index is 0.0157. The van der Waals surface area contributed by atoms with Gasteiger partial charge in [0, 0.05) is 19.2 Å². The van der Waals surface area contributed by atoms with Gasteiger partial charge in [0.15, 0.2) is 0 Å². The van der Waals surface area contributed by atoms with Crippen molar-refractivity contribution in [1.82, 2.24) is 9.97 Å². The zero-order chi connectivity index (χ0) is 14.3. The van der Waals surface area contributed by atoms with E-state index in [-0.39, 0.29) is 24.8 Å². The first kappa shape index (κ1) is 15.4. The summed E-state index contributed by atoms with van der Waals surface area (Å²) in [6, 6.07) is 1.23. The molecule has 0 saturated heterocycles. The number of nitrogens with zero attached hydrogens (tertiary/aromatic N) is 2. The number of ether oxygens (including phenoxy) is 1.